The molecule has 0 bridgehead atoms. The minimum absolute atomic E-state index is 0.0685. The third-order valence-corrected chi connectivity index (χ3v) is 3.14. The van der Waals surface area contributed by atoms with E-state index in [1.54, 1.807) is 0 Å². The van der Waals surface area contributed by atoms with Gasteiger partial charge in [-0.2, -0.15) is 13.2 Å². The Bertz CT molecular complexity index is 724. The van der Waals surface area contributed by atoms with Crippen molar-refractivity contribution >= 4 is 5.57 Å². The number of allylic oxidation sites excluding steroid dienone is 3. The number of aliphatic hydroxyl groups is 1. The summed E-state index contributed by atoms with van der Waals surface area (Å²) in [6.07, 6.45) is -1.48. The Morgan fingerprint density at radius 1 is 1.42 bits per heavy atom. The van der Waals surface area contributed by atoms with E-state index in [4.69, 9.17) is 11.6 Å². The summed E-state index contributed by atoms with van der Waals surface area (Å²) in [7, 11) is 0. The molecule has 2 rings (SSSR count). The molecule has 0 spiro atoms. The largest absolute Gasteiger partial charge is 0.493 e. The first kappa shape index (κ1) is 17.6. The molecule has 1 atom stereocenters. The summed E-state index contributed by atoms with van der Waals surface area (Å²) in [4.78, 5) is 3.57. The number of hydrazine groups is 1. The standard InChI is InChI=1S/C14H14F4N4O2/c1-7(14(16,17)18)24-13-10(15)4-9(6-21-13)8-2-3-22(20)11(5-8)12(19)23/h2-7,23H,19-20H2,1H3/b12-11+. The normalized spacial score (nSPS) is 18.2. The molecule has 0 aliphatic carbocycles. The molecule has 24 heavy (non-hydrogen) atoms. The Hall–Kier alpha value is -2.75. The van der Waals surface area contributed by atoms with Crippen LogP contribution in [-0.4, -0.2) is 27.4 Å². The molecule has 130 valence electrons. The SMILES string of the molecule is CC(Oc1ncc(C2=C/C(=C(/N)O)N(N)C=C2)cc1F)C(F)(F)F. The number of rotatable bonds is 3. The number of ether oxygens (including phenoxy) is 1. The van der Waals surface area contributed by atoms with Crippen LogP contribution in [0.3, 0.4) is 0 Å². The second kappa shape index (κ2) is 6.40. The van der Waals surface area contributed by atoms with Gasteiger partial charge in [-0.25, -0.2) is 15.2 Å². The highest BCUT2D eigenvalue weighted by Gasteiger charge is 2.38. The Balaban J connectivity index is 2.29. The van der Waals surface area contributed by atoms with E-state index < -0.39 is 29.9 Å². The maximum atomic E-state index is 14.0. The molecule has 6 nitrogen and oxygen atoms in total. The number of hydrogen-bond donors (Lipinski definition) is 3. The maximum Gasteiger partial charge on any atom is 0.425 e. The van der Waals surface area contributed by atoms with Gasteiger partial charge >= 0.3 is 6.18 Å². The van der Waals surface area contributed by atoms with Gasteiger partial charge in [-0.3, -0.25) is 5.01 Å². The quantitative estimate of drug-likeness (QED) is 0.441. The van der Waals surface area contributed by atoms with Crippen LogP contribution in [0.5, 0.6) is 5.88 Å². The van der Waals surface area contributed by atoms with Crippen molar-refractivity contribution in [2.45, 2.75) is 19.2 Å². The highest BCUT2D eigenvalue weighted by Crippen LogP contribution is 2.28. The van der Waals surface area contributed by atoms with E-state index in [0.717, 1.165) is 24.2 Å². The average Bonchev–Trinajstić information content (AvgIpc) is 2.48. The molecule has 0 radical (unpaired) electrons. The van der Waals surface area contributed by atoms with Crippen molar-refractivity contribution in [3.8, 4) is 5.88 Å². The monoisotopic (exact) mass is 346 g/mol. The third kappa shape index (κ3) is 3.77. The number of halogens is 4. The van der Waals surface area contributed by atoms with Gasteiger partial charge in [-0.05, 0) is 30.7 Å². The lowest BCUT2D eigenvalue weighted by Gasteiger charge is -2.21. The molecule has 2 heterocycles. The molecule has 5 N–H and O–H groups in total. The number of hydrogen-bond acceptors (Lipinski definition) is 6. The number of nitrogens with two attached hydrogens (primary N) is 2. The van der Waals surface area contributed by atoms with Gasteiger partial charge in [0.2, 0.25) is 5.88 Å². The second-order valence-electron chi connectivity index (χ2n) is 4.91. The van der Waals surface area contributed by atoms with Crippen LogP contribution in [0.4, 0.5) is 17.6 Å². The van der Waals surface area contributed by atoms with Gasteiger partial charge in [0.05, 0.1) is 0 Å². The van der Waals surface area contributed by atoms with Crippen LogP contribution in [0.15, 0.2) is 42.2 Å². The van der Waals surface area contributed by atoms with Crippen molar-refractivity contribution in [2.75, 3.05) is 0 Å². The molecule has 1 aromatic heterocycles. The molecular formula is C14H14F4N4O2. The van der Waals surface area contributed by atoms with E-state index >= 15 is 0 Å². The fourth-order valence-electron chi connectivity index (χ4n) is 1.80. The van der Waals surface area contributed by atoms with Crippen molar-refractivity contribution in [1.29, 1.82) is 0 Å². The van der Waals surface area contributed by atoms with Crippen molar-refractivity contribution < 1.29 is 27.4 Å². The van der Waals surface area contributed by atoms with Crippen LogP contribution < -0.4 is 16.3 Å². The van der Waals surface area contributed by atoms with Gasteiger partial charge in [0.1, 0.15) is 5.70 Å². The van der Waals surface area contributed by atoms with Gasteiger partial charge in [0.15, 0.2) is 11.9 Å². The second-order valence-corrected chi connectivity index (χ2v) is 4.91. The van der Waals surface area contributed by atoms with Crippen molar-refractivity contribution in [2.24, 2.45) is 11.6 Å². The average molecular weight is 346 g/mol. The van der Waals surface area contributed by atoms with E-state index in [1.807, 2.05) is 0 Å². The fourth-order valence-corrected chi connectivity index (χ4v) is 1.80. The lowest BCUT2D eigenvalue weighted by atomic mass is 10.0. The summed E-state index contributed by atoms with van der Waals surface area (Å²) in [5, 5.41) is 10.4. The Morgan fingerprint density at radius 3 is 2.62 bits per heavy atom. The minimum Gasteiger partial charge on any atom is -0.493 e. The van der Waals surface area contributed by atoms with E-state index in [2.05, 4.69) is 9.72 Å². The van der Waals surface area contributed by atoms with E-state index in [-0.39, 0.29) is 11.3 Å². The summed E-state index contributed by atoms with van der Waals surface area (Å²) in [5.74, 6) is 3.19. The number of nitrogens with zero attached hydrogens (tertiary/aromatic N) is 2. The van der Waals surface area contributed by atoms with E-state index in [9.17, 15) is 22.7 Å². The predicted molar refractivity (Wildman–Crippen MR) is 77.3 cm³/mol. The highest BCUT2D eigenvalue weighted by molar-refractivity contribution is 5.77. The Labute approximate surface area is 134 Å². The molecule has 10 heteroatoms. The van der Waals surface area contributed by atoms with Crippen LogP contribution >= 0.6 is 0 Å². The number of aromatic nitrogens is 1. The van der Waals surface area contributed by atoms with Crippen LogP contribution in [-0.2, 0) is 0 Å². The number of aliphatic hydroxyl groups excluding tert-OH is 1. The topological polar surface area (TPSA) is 97.6 Å². The highest BCUT2D eigenvalue weighted by atomic mass is 19.4. The molecule has 0 saturated heterocycles. The first-order chi connectivity index (χ1) is 11.1. The van der Waals surface area contributed by atoms with Crippen LogP contribution in [0, 0.1) is 5.82 Å². The van der Waals surface area contributed by atoms with Crippen molar-refractivity contribution in [1.82, 2.24) is 9.99 Å². The molecule has 0 amide bonds. The summed E-state index contributed by atoms with van der Waals surface area (Å²) in [5.41, 5.74) is 5.97. The fraction of sp³-hybridized carbons (Fsp3) is 0.214. The van der Waals surface area contributed by atoms with E-state index in [0.29, 0.717) is 5.57 Å². The molecule has 0 fully saturated rings. The first-order valence-electron chi connectivity index (χ1n) is 6.61. The van der Waals surface area contributed by atoms with Crippen molar-refractivity contribution in [3.63, 3.8) is 0 Å². The van der Waals surface area contributed by atoms with Gasteiger partial charge < -0.3 is 15.6 Å². The third-order valence-electron chi connectivity index (χ3n) is 3.14. The van der Waals surface area contributed by atoms with Gasteiger partial charge in [0, 0.05) is 18.0 Å². The van der Waals surface area contributed by atoms with Crippen LogP contribution in [0.2, 0.25) is 0 Å². The van der Waals surface area contributed by atoms with Gasteiger partial charge in [-0.15, -0.1) is 0 Å². The van der Waals surface area contributed by atoms with Gasteiger partial charge in [-0.1, -0.05) is 0 Å². The zero-order valence-electron chi connectivity index (χ0n) is 12.4. The summed E-state index contributed by atoms with van der Waals surface area (Å²) in [6, 6.07) is 0.957. The smallest absolute Gasteiger partial charge is 0.425 e. The summed E-state index contributed by atoms with van der Waals surface area (Å²) >= 11 is 0. The van der Waals surface area contributed by atoms with Gasteiger partial charge in [0.25, 0.3) is 5.88 Å². The lowest BCUT2D eigenvalue weighted by Crippen LogP contribution is -2.31. The van der Waals surface area contributed by atoms with Crippen molar-refractivity contribution in [3.05, 3.63) is 53.6 Å². The molecule has 0 aromatic carbocycles. The predicted octanol–water partition coefficient (Wildman–Crippen LogP) is 2.32. The zero-order chi connectivity index (χ0) is 18.1. The first-order valence-corrected chi connectivity index (χ1v) is 6.61. The van der Waals surface area contributed by atoms with E-state index in [1.165, 1.54) is 18.4 Å². The zero-order valence-corrected chi connectivity index (χ0v) is 12.4. The number of pyridine rings is 1. The Kier molecular flexibility index (Phi) is 4.69. The molecule has 1 aliphatic rings. The maximum absolute atomic E-state index is 14.0. The molecule has 0 saturated carbocycles. The summed E-state index contributed by atoms with van der Waals surface area (Å²) < 4.78 is 55.8. The lowest BCUT2D eigenvalue weighted by molar-refractivity contribution is -0.190. The molecule has 1 unspecified atom stereocenters. The molecular weight excluding hydrogens is 332 g/mol. The summed E-state index contributed by atoms with van der Waals surface area (Å²) in [6.45, 7) is 0.748. The van der Waals surface area contributed by atoms with Crippen LogP contribution in [0.1, 0.15) is 12.5 Å². The molecule has 1 aromatic rings. The number of alkyl halides is 3. The van der Waals surface area contributed by atoms with Crippen LogP contribution in [0.25, 0.3) is 5.57 Å². The Morgan fingerprint density at radius 2 is 2.08 bits per heavy atom. The minimum atomic E-state index is -4.63. The molecule has 1 aliphatic heterocycles.